The van der Waals surface area contributed by atoms with Crippen molar-refractivity contribution in [1.29, 1.82) is 0 Å². The number of nitrogens with one attached hydrogen (secondary N) is 1. The first-order valence-electron chi connectivity index (χ1n) is 10.9. The molecule has 1 aliphatic heterocycles. The van der Waals surface area contributed by atoms with Crippen LogP contribution in [0.1, 0.15) is 35.3 Å². The van der Waals surface area contributed by atoms with Crippen LogP contribution >= 0.6 is 0 Å². The molecule has 1 heterocycles. The maximum absolute atomic E-state index is 13.2. The van der Waals surface area contributed by atoms with E-state index in [4.69, 9.17) is 0 Å². The Morgan fingerprint density at radius 3 is 2.39 bits per heavy atom. The summed E-state index contributed by atoms with van der Waals surface area (Å²) in [5, 5.41) is 3.90. The number of amides is 2. The zero-order chi connectivity index (χ0) is 23.9. The van der Waals surface area contributed by atoms with Gasteiger partial charge in [0.15, 0.2) is 0 Å². The van der Waals surface area contributed by atoms with E-state index in [2.05, 4.69) is 5.32 Å². The van der Waals surface area contributed by atoms with Crippen molar-refractivity contribution in [3.8, 4) is 0 Å². The predicted molar refractivity (Wildman–Crippen MR) is 130 cm³/mol. The molecule has 0 fully saturated rings. The van der Waals surface area contributed by atoms with E-state index in [1.165, 1.54) is 15.3 Å². The van der Waals surface area contributed by atoms with E-state index < -0.39 is 10.0 Å². The first-order valence-corrected chi connectivity index (χ1v) is 12.4. The van der Waals surface area contributed by atoms with Gasteiger partial charge in [0.1, 0.15) is 6.54 Å². The second-order valence-electron chi connectivity index (χ2n) is 8.14. The summed E-state index contributed by atoms with van der Waals surface area (Å²) in [6.07, 6.45) is 0. The molecule has 8 heteroatoms. The van der Waals surface area contributed by atoms with E-state index >= 15 is 0 Å². The third kappa shape index (κ3) is 3.89. The van der Waals surface area contributed by atoms with Crippen LogP contribution in [-0.2, 0) is 14.8 Å². The van der Waals surface area contributed by atoms with Crippen LogP contribution in [0.3, 0.4) is 0 Å². The minimum absolute atomic E-state index is 0.168. The molecule has 1 N–H and O–H groups in total. The van der Waals surface area contributed by atoms with Crippen molar-refractivity contribution in [2.45, 2.75) is 32.6 Å². The van der Waals surface area contributed by atoms with Crippen LogP contribution in [-0.4, -0.2) is 44.2 Å². The smallest absolute Gasteiger partial charge is 0.259 e. The topological polar surface area (TPSA) is 86.8 Å². The van der Waals surface area contributed by atoms with Gasteiger partial charge in [-0.05, 0) is 55.3 Å². The van der Waals surface area contributed by atoms with Crippen LogP contribution in [0.15, 0.2) is 53.4 Å². The highest BCUT2D eigenvalue weighted by Gasteiger charge is 2.34. The third-order valence-corrected chi connectivity index (χ3v) is 8.27. The molecule has 4 rings (SSSR count). The van der Waals surface area contributed by atoms with Crippen molar-refractivity contribution in [2.24, 2.45) is 0 Å². The van der Waals surface area contributed by atoms with Gasteiger partial charge in [-0.25, -0.2) is 8.42 Å². The van der Waals surface area contributed by atoms with Crippen molar-refractivity contribution in [2.75, 3.05) is 29.9 Å². The van der Waals surface area contributed by atoms with Crippen molar-refractivity contribution in [1.82, 2.24) is 4.31 Å². The second kappa shape index (κ2) is 8.61. The second-order valence-corrected chi connectivity index (χ2v) is 10.0. The molecule has 0 unspecified atom stereocenters. The molecule has 7 nitrogen and oxygen atoms in total. The zero-order valence-corrected chi connectivity index (χ0v) is 20.0. The monoisotopic (exact) mass is 465 g/mol. The van der Waals surface area contributed by atoms with Gasteiger partial charge in [-0.1, -0.05) is 32.0 Å². The SMILES string of the molecule is CCN(CC)S(=O)(=O)c1ccc2c3c(cccc13)C(=O)N2CC(=O)Nc1ccc(C)c(C)c1. The fraction of sp³-hybridized carbons (Fsp3) is 0.280. The highest BCUT2D eigenvalue weighted by atomic mass is 32.2. The number of aryl methyl sites for hydroxylation is 2. The summed E-state index contributed by atoms with van der Waals surface area (Å²) in [5.41, 5.74) is 3.79. The first kappa shape index (κ1) is 22.9. The minimum Gasteiger partial charge on any atom is -0.325 e. The lowest BCUT2D eigenvalue weighted by atomic mass is 10.1. The van der Waals surface area contributed by atoms with Gasteiger partial charge in [-0.3, -0.25) is 14.5 Å². The van der Waals surface area contributed by atoms with E-state index in [0.29, 0.717) is 40.8 Å². The summed E-state index contributed by atoms with van der Waals surface area (Å²) in [6, 6.07) is 13.9. The average Bonchev–Trinajstić information content (AvgIpc) is 3.04. The van der Waals surface area contributed by atoms with Gasteiger partial charge in [-0.2, -0.15) is 4.31 Å². The highest BCUT2D eigenvalue weighted by molar-refractivity contribution is 7.89. The van der Waals surface area contributed by atoms with Crippen LogP contribution in [0.4, 0.5) is 11.4 Å². The van der Waals surface area contributed by atoms with Crippen LogP contribution in [0.2, 0.25) is 0 Å². The lowest BCUT2D eigenvalue weighted by Crippen LogP contribution is -2.35. The van der Waals surface area contributed by atoms with Crippen molar-refractivity contribution < 1.29 is 18.0 Å². The molecule has 0 spiro atoms. The van der Waals surface area contributed by atoms with Crippen LogP contribution in [0.5, 0.6) is 0 Å². The predicted octanol–water partition coefficient (Wildman–Crippen LogP) is 4.09. The number of nitrogens with zero attached hydrogens (tertiary/aromatic N) is 2. The van der Waals surface area contributed by atoms with Crippen molar-refractivity contribution >= 4 is 44.0 Å². The van der Waals surface area contributed by atoms with E-state index in [1.807, 2.05) is 32.0 Å². The molecule has 0 atom stereocenters. The average molecular weight is 466 g/mol. The molecule has 0 bridgehead atoms. The molecular weight excluding hydrogens is 438 g/mol. The van der Waals surface area contributed by atoms with Crippen molar-refractivity contribution in [3.05, 3.63) is 65.2 Å². The Morgan fingerprint density at radius 2 is 1.73 bits per heavy atom. The first-order chi connectivity index (χ1) is 15.7. The number of benzene rings is 3. The maximum atomic E-state index is 13.2. The number of sulfonamides is 1. The normalized spacial score (nSPS) is 13.2. The number of carbonyl (C=O) groups excluding carboxylic acids is 2. The van der Waals surface area contributed by atoms with Crippen molar-refractivity contribution in [3.63, 3.8) is 0 Å². The number of carbonyl (C=O) groups is 2. The standard InChI is InChI=1S/C25H27N3O4S/c1-5-27(6-2)33(31,32)22-13-12-21-24-19(22)8-7-9-20(24)25(30)28(21)15-23(29)26-18-11-10-16(3)17(4)14-18/h7-14H,5-6,15H2,1-4H3,(H,26,29). The summed E-state index contributed by atoms with van der Waals surface area (Å²) < 4.78 is 27.8. The third-order valence-electron chi connectivity index (χ3n) is 6.16. The fourth-order valence-electron chi connectivity index (χ4n) is 4.27. The van der Waals surface area contributed by atoms with Gasteiger partial charge in [0, 0.05) is 35.1 Å². The van der Waals surface area contributed by atoms with Crippen LogP contribution in [0.25, 0.3) is 10.8 Å². The van der Waals surface area contributed by atoms with Gasteiger partial charge in [0.05, 0.1) is 10.6 Å². The summed E-state index contributed by atoms with van der Waals surface area (Å²) in [5.74, 6) is -0.643. The van der Waals surface area contributed by atoms with Gasteiger partial charge < -0.3 is 5.32 Å². The summed E-state index contributed by atoms with van der Waals surface area (Å²) in [7, 11) is -3.72. The lowest BCUT2D eigenvalue weighted by molar-refractivity contribution is -0.114. The molecule has 3 aromatic carbocycles. The van der Waals surface area contributed by atoms with E-state index in [0.717, 1.165) is 11.1 Å². The number of hydrogen-bond acceptors (Lipinski definition) is 4. The molecule has 0 aliphatic carbocycles. The molecule has 1 aliphatic rings. The van der Waals surface area contributed by atoms with Gasteiger partial charge in [-0.15, -0.1) is 0 Å². The van der Waals surface area contributed by atoms with Crippen LogP contribution < -0.4 is 10.2 Å². The summed E-state index contributed by atoms with van der Waals surface area (Å²) in [6.45, 7) is 8.09. The number of anilines is 2. The van der Waals surface area contributed by atoms with Gasteiger partial charge in [0.25, 0.3) is 5.91 Å². The minimum atomic E-state index is -3.72. The molecule has 0 saturated heterocycles. The largest absolute Gasteiger partial charge is 0.325 e. The molecule has 172 valence electrons. The number of rotatable bonds is 7. The Bertz CT molecular complexity index is 1380. The Kier molecular flexibility index (Phi) is 5.99. The molecule has 0 radical (unpaired) electrons. The Labute approximate surface area is 194 Å². The highest BCUT2D eigenvalue weighted by Crippen LogP contribution is 2.40. The van der Waals surface area contributed by atoms with Gasteiger partial charge in [0.2, 0.25) is 15.9 Å². The maximum Gasteiger partial charge on any atom is 0.259 e. The Balaban J connectivity index is 1.70. The Hall–Kier alpha value is -3.23. The van der Waals surface area contributed by atoms with E-state index in [-0.39, 0.29) is 23.3 Å². The number of hydrogen-bond donors (Lipinski definition) is 1. The molecular formula is C25H27N3O4S. The van der Waals surface area contributed by atoms with E-state index in [9.17, 15) is 18.0 Å². The Morgan fingerprint density at radius 1 is 1.00 bits per heavy atom. The molecule has 0 aromatic heterocycles. The van der Waals surface area contributed by atoms with Crippen LogP contribution in [0, 0.1) is 13.8 Å². The van der Waals surface area contributed by atoms with E-state index in [1.54, 1.807) is 38.1 Å². The summed E-state index contributed by atoms with van der Waals surface area (Å²) in [4.78, 5) is 27.5. The lowest BCUT2D eigenvalue weighted by Gasteiger charge is -2.21. The molecule has 2 amide bonds. The quantitative estimate of drug-likeness (QED) is 0.570. The summed E-state index contributed by atoms with van der Waals surface area (Å²) >= 11 is 0. The molecule has 33 heavy (non-hydrogen) atoms. The molecule has 3 aromatic rings. The van der Waals surface area contributed by atoms with Gasteiger partial charge >= 0.3 is 0 Å². The zero-order valence-electron chi connectivity index (χ0n) is 19.2. The fourth-order valence-corrected chi connectivity index (χ4v) is 5.91. The molecule has 0 saturated carbocycles.